The minimum atomic E-state index is -0.206. The van der Waals surface area contributed by atoms with Gasteiger partial charge in [-0.25, -0.2) is 0 Å². The average molecular weight is 441 g/mol. The predicted octanol–water partition coefficient (Wildman–Crippen LogP) is 3.58. The maximum atomic E-state index is 12.9. The SMILES string of the molecule is CN1CCN(c2ccc(NC(=O)C3CCCN(C(=O)c4ccc(Cl)cc4)C3)cc2)CC1. The van der Waals surface area contributed by atoms with Crippen molar-refractivity contribution in [3.8, 4) is 0 Å². The lowest BCUT2D eigenvalue weighted by molar-refractivity contribution is -0.121. The molecule has 164 valence electrons. The van der Waals surface area contributed by atoms with Crippen molar-refractivity contribution in [3.05, 3.63) is 59.1 Å². The van der Waals surface area contributed by atoms with E-state index >= 15 is 0 Å². The van der Waals surface area contributed by atoms with Crippen LogP contribution in [0, 0.1) is 5.92 Å². The van der Waals surface area contributed by atoms with Crippen LogP contribution in [0.3, 0.4) is 0 Å². The van der Waals surface area contributed by atoms with Crippen molar-refractivity contribution in [2.24, 2.45) is 5.92 Å². The third-order valence-corrected chi connectivity index (χ3v) is 6.43. The summed E-state index contributed by atoms with van der Waals surface area (Å²) in [7, 11) is 2.14. The van der Waals surface area contributed by atoms with Crippen LogP contribution in [0.2, 0.25) is 5.02 Å². The van der Waals surface area contributed by atoms with Crippen LogP contribution in [-0.4, -0.2) is 67.9 Å². The summed E-state index contributed by atoms with van der Waals surface area (Å²) in [6, 6.07) is 15.0. The lowest BCUT2D eigenvalue weighted by Crippen LogP contribution is -2.44. The molecule has 2 aliphatic rings. The fourth-order valence-corrected chi connectivity index (χ4v) is 4.34. The van der Waals surface area contributed by atoms with Crippen molar-refractivity contribution in [1.82, 2.24) is 9.80 Å². The molecule has 2 heterocycles. The van der Waals surface area contributed by atoms with Gasteiger partial charge in [0.1, 0.15) is 0 Å². The van der Waals surface area contributed by atoms with Gasteiger partial charge in [0.15, 0.2) is 0 Å². The second-order valence-corrected chi connectivity index (χ2v) is 8.86. The van der Waals surface area contributed by atoms with Crippen molar-refractivity contribution >= 4 is 34.8 Å². The van der Waals surface area contributed by atoms with Crippen LogP contribution >= 0.6 is 11.6 Å². The lowest BCUT2D eigenvalue weighted by Gasteiger charge is -2.34. The Labute approximate surface area is 188 Å². The Kier molecular flexibility index (Phi) is 6.78. The topological polar surface area (TPSA) is 55.9 Å². The number of hydrogen-bond donors (Lipinski definition) is 1. The van der Waals surface area contributed by atoms with Crippen LogP contribution in [0.25, 0.3) is 0 Å². The molecule has 2 aliphatic heterocycles. The minimum absolute atomic E-state index is 0.0269. The quantitative estimate of drug-likeness (QED) is 0.789. The van der Waals surface area contributed by atoms with Crippen LogP contribution in [0.5, 0.6) is 0 Å². The second kappa shape index (κ2) is 9.71. The summed E-state index contributed by atoms with van der Waals surface area (Å²) in [5.74, 6) is -0.283. The summed E-state index contributed by atoms with van der Waals surface area (Å²) >= 11 is 5.92. The third kappa shape index (κ3) is 5.38. The summed E-state index contributed by atoms with van der Waals surface area (Å²) < 4.78 is 0. The van der Waals surface area contributed by atoms with Crippen LogP contribution in [0.4, 0.5) is 11.4 Å². The van der Waals surface area contributed by atoms with E-state index in [0.717, 1.165) is 44.7 Å². The van der Waals surface area contributed by atoms with E-state index in [-0.39, 0.29) is 17.7 Å². The number of anilines is 2. The summed E-state index contributed by atoms with van der Waals surface area (Å²) in [5, 5.41) is 3.64. The molecule has 31 heavy (non-hydrogen) atoms. The van der Waals surface area contributed by atoms with Gasteiger partial charge in [0.25, 0.3) is 5.91 Å². The average Bonchev–Trinajstić information content (AvgIpc) is 2.80. The number of nitrogens with one attached hydrogen (secondary N) is 1. The van der Waals surface area contributed by atoms with E-state index in [1.165, 1.54) is 5.69 Å². The number of amides is 2. The molecule has 0 spiro atoms. The Morgan fingerprint density at radius 3 is 2.29 bits per heavy atom. The highest BCUT2D eigenvalue weighted by atomic mass is 35.5. The van der Waals surface area contributed by atoms with Crippen molar-refractivity contribution in [2.75, 3.05) is 56.5 Å². The Hall–Kier alpha value is -2.57. The third-order valence-electron chi connectivity index (χ3n) is 6.17. The molecular weight excluding hydrogens is 412 g/mol. The van der Waals surface area contributed by atoms with Crippen molar-refractivity contribution < 1.29 is 9.59 Å². The monoisotopic (exact) mass is 440 g/mol. The van der Waals surface area contributed by atoms with E-state index in [9.17, 15) is 9.59 Å². The maximum Gasteiger partial charge on any atom is 0.253 e. The number of carbonyl (C=O) groups excluding carboxylic acids is 2. The van der Waals surface area contributed by atoms with Gasteiger partial charge in [-0.15, -0.1) is 0 Å². The lowest BCUT2D eigenvalue weighted by atomic mass is 9.96. The molecule has 7 heteroatoms. The van der Waals surface area contributed by atoms with E-state index < -0.39 is 0 Å². The van der Waals surface area contributed by atoms with Crippen molar-refractivity contribution in [3.63, 3.8) is 0 Å². The van der Waals surface area contributed by atoms with Gasteiger partial charge in [0, 0.05) is 61.2 Å². The fraction of sp³-hybridized carbons (Fsp3) is 0.417. The van der Waals surface area contributed by atoms with E-state index in [1.54, 1.807) is 29.2 Å². The normalized spacial score (nSPS) is 19.9. The number of likely N-dealkylation sites (tertiary alicyclic amines) is 1. The molecule has 0 saturated carbocycles. The Morgan fingerprint density at radius 1 is 0.935 bits per heavy atom. The van der Waals surface area contributed by atoms with Crippen LogP contribution in [0.15, 0.2) is 48.5 Å². The van der Waals surface area contributed by atoms with Gasteiger partial charge in [0.2, 0.25) is 5.91 Å². The molecule has 2 saturated heterocycles. The number of hydrogen-bond acceptors (Lipinski definition) is 4. The van der Waals surface area contributed by atoms with Gasteiger partial charge in [0.05, 0.1) is 5.92 Å². The van der Waals surface area contributed by atoms with Crippen molar-refractivity contribution in [2.45, 2.75) is 12.8 Å². The number of carbonyl (C=O) groups is 2. The smallest absolute Gasteiger partial charge is 0.253 e. The highest BCUT2D eigenvalue weighted by Crippen LogP contribution is 2.23. The first-order valence-electron chi connectivity index (χ1n) is 10.9. The number of likely N-dealkylation sites (N-methyl/N-ethyl adjacent to an activating group) is 1. The summed E-state index contributed by atoms with van der Waals surface area (Å²) in [6.07, 6.45) is 1.61. The zero-order chi connectivity index (χ0) is 21.8. The van der Waals surface area contributed by atoms with E-state index in [1.807, 2.05) is 12.1 Å². The predicted molar refractivity (Wildman–Crippen MR) is 125 cm³/mol. The van der Waals surface area contributed by atoms with E-state index in [0.29, 0.717) is 23.7 Å². The fourth-order valence-electron chi connectivity index (χ4n) is 4.22. The number of benzene rings is 2. The molecular formula is C24H29ClN4O2. The zero-order valence-electron chi connectivity index (χ0n) is 17.9. The van der Waals surface area contributed by atoms with Crippen molar-refractivity contribution in [1.29, 1.82) is 0 Å². The number of halogens is 1. The largest absolute Gasteiger partial charge is 0.369 e. The second-order valence-electron chi connectivity index (χ2n) is 8.42. The Morgan fingerprint density at radius 2 is 1.61 bits per heavy atom. The van der Waals surface area contributed by atoms with E-state index in [2.05, 4.69) is 34.3 Å². The summed E-state index contributed by atoms with van der Waals surface area (Å²) in [5.41, 5.74) is 2.58. The molecule has 0 aliphatic carbocycles. The Bertz CT molecular complexity index is 908. The molecule has 0 radical (unpaired) electrons. The number of piperazine rings is 1. The molecule has 2 aromatic carbocycles. The van der Waals surface area contributed by atoms with Crippen LogP contribution in [-0.2, 0) is 4.79 Å². The zero-order valence-corrected chi connectivity index (χ0v) is 18.6. The Balaban J connectivity index is 1.33. The van der Waals surface area contributed by atoms with Gasteiger partial charge in [-0.2, -0.15) is 0 Å². The number of rotatable bonds is 4. The van der Waals surface area contributed by atoms with Gasteiger partial charge < -0.3 is 20.0 Å². The van der Waals surface area contributed by atoms with Crippen LogP contribution < -0.4 is 10.2 Å². The maximum absolute atomic E-state index is 12.9. The molecule has 1 unspecified atom stereocenters. The molecule has 2 aromatic rings. The first kappa shape index (κ1) is 21.7. The van der Waals surface area contributed by atoms with Gasteiger partial charge in [-0.1, -0.05) is 11.6 Å². The highest BCUT2D eigenvalue weighted by molar-refractivity contribution is 6.30. The first-order chi connectivity index (χ1) is 15.0. The molecule has 1 atom stereocenters. The molecule has 4 rings (SSSR count). The van der Waals surface area contributed by atoms with Gasteiger partial charge in [-0.3, -0.25) is 9.59 Å². The van der Waals surface area contributed by atoms with E-state index in [4.69, 9.17) is 11.6 Å². The standard InChI is InChI=1S/C24H29ClN4O2/c1-27-13-15-28(16-14-27)22-10-8-21(9-11-22)26-23(30)19-3-2-12-29(17-19)24(31)18-4-6-20(25)7-5-18/h4-11,19H,2-3,12-17H2,1H3,(H,26,30). The molecule has 2 amide bonds. The molecule has 1 N–H and O–H groups in total. The summed E-state index contributed by atoms with van der Waals surface area (Å²) in [4.78, 5) is 32.1. The first-order valence-corrected chi connectivity index (χ1v) is 11.3. The molecule has 0 aromatic heterocycles. The van der Waals surface area contributed by atoms with Gasteiger partial charge >= 0.3 is 0 Å². The minimum Gasteiger partial charge on any atom is -0.369 e. The summed E-state index contributed by atoms with van der Waals surface area (Å²) in [6.45, 7) is 5.26. The van der Waals surface area contributed by atoms with Gasteiger partial charge in [-0.05, 0) is 68.4 Å². The molecule has 6 nitrogen and oxygen atoms in total. The number of nitrogens with zero attached hydrogens (tertiary/aromatic N) is 3. The number of piperidine rings is 1. The molecule has 2 fully saturated rings. The highest BCUT2D eigenvalue weighted by Gasteiger charge is 2.29. The van der Waals surface area contributed by atoms with Crippen LogP contribution in [0.1, 0.15) is 23.2 Å². The molecule has 0 bridgehead atoms.